The lowest BCUT2D eigenvalue weighted by Gasteiger charge is -2.14. The Hall–Kier alpha value is -2.49. The van der Waals surface area contributed by atoms with Gasteiger partial charge in [0.05, 0.1) is 11.6 Å². The molecule has 1 amide bonds. The number of halogens is 3. The molecule has 2 heterocycles. The van der Waals surface area contributed by atoms with Crippen LogP contribution in [0.5, 0.6) is 0 Å². The summed E-state index contributed by atoms with van der Waals surface area (Å²) in [5, 5.41) is 12.4. The predicted octanol–water partition coefficient (Wildman–Crippen LogP) is 3.14. The third kappa shape index (κ3) is 4.07. The van der Waals surface area contributed by atoms with Crippen LogP contribution in [0.25, 0.3) is 0 Å². The summed E-state index contributed by atoms with van der Waals surface area (Å²) >= 11 is 0.794. The van der Waals surface area contributed by atoms with Crippen LogP contribution in [-0.2, 0) is 6.18 Å². The van der Waals surface area contributed by atoms with Crippen molar-refractivity contribution in [3.8, 4) is 0 Å². The normalized spacial score (nSPS) is 12.7. The van der Waals surface area contributed by atoms with Gasteiger partial charge in [-0.05, 0) is 18.6 Å². The zero-order valence-electron chi connectivity index (χ0n) is 12.3. The number of amides is 1. The fraction of sp³-hybridized carbons (Fsp3) is 0.286. The summed E-state index contributed by atoms with van der Waals surface area (Å²) < 4.78 is 37.8. The average molecular weight is 359 g/mol. The van der Waals surface area contributed by atoms with Gasteiger partial charge < -0.3 is 10.4 Å². The molecule has 0 aliphatic carbocycles. The van der Waals surface area contributed by atoms with Crippen LogP contribution in [0.1, 0.15) is 50.9 Å². The van der Waals surface area contributed by atoms with Crippen molar-refractivity contribution < 1.29 is 27.9 Å². The van der Waals surface area contributed by atoms with E-state index in [4.69, 9.17) is 5.11 Å². The molecular formula is C14H12F3N3O3S. The maximum Gasteiger partial charge on any atom is 0.434 e. The Kier molecular flexibility index (Phi) is 5.17. The number of carbonyl (C=O) groups excluding carboxylic acids is 1. The monoisotopic (exact) mass is 359 g/mol. The summed E-state index contributed by atoms with van der Waals surface area (Å²) in [5.41, 5.74) is -1.26. The summed E-state index contributed by atoms with van der Waals surface area (Å²) in [6, 6.07) is 1.59. The van der Waals surface area contributed by atoms with Gasteiger partial charge >= 0.3 is 12.1 Å². The highest BCUT2D eigenvalue weighted by Crippen LogP contribution is 2.32. The Labute approximate surface area is 138 Å². The maximum atomic E-state index is 12.6. The standard InChI is InChI=1S/C14H12F3N3O3S/c1-2-8(12-20-10(6-24-12)14(15,16)17)19-11(21)9-5-7(13(22)23)3-4-18-9/h3-6,8H,2H2,1H3,(H,19,21)(H,22,23). The molecule has 1 unspecified atom stereocenters. The Bertz CT molecular complexity index is 761. The summed E-state index contributed by atoms with van der Waals surface area (Å²) in [6.45, 7) is 1.68. The second-order valence-corrected chi connectivity index (χ2v) is 5.63. The van der Waals surface area contributed by atoms with E-state index in [2.05, 4.69) is 15.3 Å². The number of pyridine rings is 1. The van der Waals surface area contributed by atoms with Crippen LogP contribution in [0, 0.1) is 0 Å². The number of aromatic carboxylic acids is 1. The second-order valence-electron chi connectivity index (χ2n) is 4.74. The number of rotatable bonds is 5. The minimum Gasteiger partial charge on any atom is -0.478 e. The molecule has 24 heavy (non-hydrogen) atoms. The topological polar surface area (TPSA) is 92.2 Å². The van der Waals surface area contributed by atoms with Crippen molar-refractivity contribution in [3.05, 3.63) is 45.7 Å². The van der Waals surface area contributed by atoms with Gasteiger partial charge in [0.2, 0.25) is 0 Å². The van der Waals surface area contributed by atoms with Crippen LogP contribution in [0.4, 0.5) is 13.2 Å². The average Bonchev–Trinajstić information content (AvgIpc) is 3.02. The molecule has 0 bridgehead atoms. The number of carbonyl (C=O) groups is 2. The number of nitrogens with one attached hydrogen (secondary N) is 1. The third-order valence-corrected chi connectivity index (χ3v) is 4.02. The lowest BCUT2D eigenvalue weighted by atomic mass is 10.2. The van der Waals surface area contributed by atoms with Gasteiger partial charge in [-0.25, -0.2) is 9.78 Å². The smallest absolute Gasteiger partial charge is 0.434 e. The molecule has 0 fully saturated rings. The molecule has 0 aromatic carbocycles. The first kappa shape index (κ1) is 17.9. The largest absolute Gasteiger partial charge is 0.478 e. The maximum absolute atomic E-state index is 12.6. The minimum atomic E-state index is -4.55. The van der Waals surface area contributed by atoms with Crippen molar-refractivity contribution in [1.82, 2.24) is 15.3 Å². The Morgan fingerprint density at radius 3 is 2.67 bits per heavy atom. The zero-order valence-corrected chi connectivity index (χ0v) is 13.1. The fourth-order valence-corrected chi connectivity index (χ4v) is 2.80. The van der Waals surface area contributed by atoms with Gasteiger partial charge in [0, 0.05) is 11.6 Å². The number of aromatic nitrogens is 2. The summed E-state index contributed by atoms with van der Waals surface area (Å²) in [7, 11) is 0. The molecule has 2 N–H and O–H groups in total. The molecule has 2 rings (SSSR count). The Morgan fingerprint density at radius 1 is 1.42 bits per heavy atom. The van der Waals surface area contributed by atoms with E-state index >= 15 is 0 Å². The molecule has 1 atom stereocenters. The van der Waals surface area contributed by atoms with E-state index in [1.807, 2.05) is 0 Å². The van der Waals surface area contributed by atoms with Crippen molar-refractivity contribution in [2.45, 2.75) is 25.6 Å². The molecule has 6 nitrogen and oxygen atoms in total. The van der Waals surface area contributed by atoms with Crippen LogP contribution in [0.2, 0.25) is 0 Å². The summed E-state index contributed by atoms with van der Waals surface area (Å²) in [6.07, 6.45) is -3.06. The van der Waals surface area contributed by atoms with Gasteiger partial charge in [0.15, 0.2) is 5.69 Å². The van der Waals surface area contributed by atoms with Crippen LogP contribution in [0.15, 0.2) is 23.7 Å². The quantitative estimate of drug-likeness (QED) is 0.856. The fourth-order valence-electron chi connectivity index (χ4n) is 1.84. The number of carboxylic acid groups (broad SMARTS) is 1. The van der Waals surface area contributed by atoms with Crippen molar-refractivity contribution in [2.75, 3.05) is 0 Å². The molecule has 2 aromatic rings. The number of nitrogens with zero attached hydrogens (tertiary/aromatic N) is 2. The number of hydrogen-bond acceptors (Lipinski definition) is 5. The van der Waals surface area contributed by atoms with E-state index in [-0.39, 0.29) is 16.3 Å². The first-order valence-corrected chi connectivity index (χ1v) is 7.63. The molecule has 0 aliphatic heterocycles. The van der Waals surface area contributed by atoms with Crippen molar-refractivity contribution in [3.63, 3.8) is 0 Å². The predicted molar refractivity (Wildman–Crippen MR) is 78.8 cm³/mol. The van der Waals surface area contributed by atoms with Gasteiger partial charge in [-0.1, -0.05) is 6.92 Å². The third-order valence-electron chi connectivity index (χ3n) is 3.06. The minimum absolute atomic E-state index is 0.114. The lowest BCUT2D eigenvalue weighted by molar-refractivity contribution is -0.140. The highest BCUT2D eigenvalue weighted by Gasteiger charge is 2.34. The van der Waals surface area contributed by atoms with Gasteiger partial charge in [0.1, 0.15) is 10.7 Å². The Morgan fingerprint density at radius 2 is 2.12 bits per heavy atom. The molecule has 2 aromatic heterocycles. The van der Waals surface area contributed by atoms with Crippen LogP contribution in [0.3, 0.4) is 0 Å². The van der Waals surface area contributed by atoms with Gasteiger partial charge in [-0.15, -0.1) is 11.3 Å². The van der Waals surface area contributed by atoms with E-state index < -0.39 is 29.8 Å². The van der Waals surface area contributed by atoms with Crippen molar-refractivity contribution in [1.29, 1.82) is 0 Å². The van der Waals surface area contributed by atoms with Gasteiger partial charge in [-0.3, -0.25) is 9.78 Å². The van der Waals surface area contributed by atoms with Gasteiger partial charge in [-0.2, -0.15) is 13.2 Å². The summed E-state index contributed by atoms with van der Waals surface area (Å²) in [5.74, 6) is -1.90. The zero-order chi connectivity index (χ0) is 17.9. The van der Waals surface area contributed by atoms with E-state index in [9.17, 15) is 22.8 Å². The first-order chi connectivity index (χ1) is 11.2. The van der Waals surface area contributed by atoms with Crippen molar-refractivity contribution >= 4 is 23.2 Å². The van der Waals surface area contributed by atoms with Crippen molar-refractivity contribution in [2.24, 2.45) is 0 Å². The molecule has 0 spiro atoms. The number of carboxylic acids is 1. The van der Waals surface area contributed by atoms with E-state index in [0.29, 0.717) is 6.42 Å². The number of thiazole rings is 1. The molecule has 0 saturated carbocycles. The molecule has 0 aliphatic rings. The summed E-state index contributed by atoms with van der Waals surface area (Å²) in [4.78, 5) is 30.3. The van der Waals surface area contributed by atoms with E-state index in [1.54, 1.807) is 6.92 Å². The molecule has 0 radical (unpaired) electrons. The lowest BCUT2D eigenvalue weighted by Crippen LogP contribution is -2.29. The Balaban J connectivity index is 2.18. The SMILES string of the molecule is CCC(NC(=O)c1cc(C(=O)O)ccn1)c1nc(C(F)(F)F)cs1. The van der Waals surface area contributed by atoms with E-state index in [0.717, 1.165) is 22.8 Å². The van der Waals surface area contributed by atoms with E-state index in [1.165, 1.54) is 12.3 Å². The van der Waals surface area contributed by atoms with Gasteiger partial charge in [0.25, 0.3) is 5.91 Å². The van der Waals surface area contributed by atoms with Crippen LogP contribution in [-0.4, -0.2) is 27.0 Å². The highest BCUT2D eigenvalue weighted by molar-refractivity contribution is 7.09. The first-order valence-electron chi connectivity index (χ1n) is 6.75. The highest BCUT2D eigenvalue weighted by atomic mass is 32.1. The van der Waals surface area contributed by atoms with Crippen LogP contribution < -0.4 is 5.32 Å². The number of alkyl halides is 3. The van der Waals surface area contributed by atoms with Crippen LogP contribution >= 0.6 is 11.3 Å². The molecule has 10 heteroatoms. The molecular weight excluding hydrogens is 347 g/mol. The molecule has 128 valence electrons. The molecule has 0 saturated heterocycles. The number of hydrogen-bond donors (Lipinski definition) is 2. The second kappa shape index (κ2) is 6.95.